The van der Waals surface area contributed by atoms with Crippen molar-refractivity contribution in [3.8, 4) is 34.3 Å². The Kier molecular flexibility index (Phi) is 10.1. The summed E-state index contributed by atoms with van der Waals surface area (Å²) in [6.45, 7) is 12.5. The lowest BCUT2D eigenvalue weighted by Gasteiger charge is -2.24. The molecule has 206 valence electrons. The molecule has 5 nitrogen and oxygen atoms in total. The standard InChI is InChI=1S/C31H32FNO4.C2H6/c1-20-13-22(31(2,3)4)14-29(37-27-12-11-23(32)15-28(27)35-5)30(20)26-17-25(16-24(18-34)33-26)36-19-21-9-7-6-8-10-21;1-2/h6-17,34H,18-19H2,1-5H3;1-2H3. The molecule has 1 aromatic heterocycles. The zero-order valence-electron chi connectivity index (χ0n) is 23.8. The molecule has 3 aromatic carbocycles. The third-order valence-corrected chi connectivity index (χ3v) is 6.03. The minimum Gasteiger partial charge on any atom is -0.493 e. The van der Waals surface area contributed by atoms with Gasteiger partial charge in [0, 0.05) is 23.8 Å². The van der Waals surface area contributed by atoms with Gasteiger partial charge in [-0.1, -0.05) is 71.0 Å². The largest absolute Gasteiger partial charge is 0.493 e. The lowest BCUT2D eigenvalue weighted by molar-refractivity contribution is 0.273. The molecule has 0 saturated heterocycles. The van der Waals surface area contributed by atoms with Crippen LogP contribution in [-0.2, 0) is 18.6 Å². The van der Waals surface area contributed by atoms with Crippen LogP contribution in [0.3, 0.4) is 0 Å². The molecule has 0 amide bonds. The zero-order valence-corrected chi connectivity index (χ0v) is 23.8. The van der Waals surface area contributed by atoms with Gasteiger partial charge in [-0.15, -0.1) is 0 Å². The van der Waals surface area contributed by atoms with Crippen LogP contribution < -0.4 is 14.2 Å². The number of nitrogens with zero attached hydrogens (tertiary/aromatic N) is 1. The van der Waals surface area contributed by atoms with E-state index < -0.39 is 5.82 Å². The maximum absolute atomic E-state index is 13.8. The highest BCUT2D eigenvalue weighted by Gasteiger charge is 2.22. The summed E-state index contributed by atoms with van der Waals surface area (Å²) in [4.78, 5) is 4.69. The molecule has 0 atom stereocenters. The highest BCUT2D eigenvalue weighted by Crippen LogP contribution is 2.42. The number of methoxy groups -OCH3 is 1. The van der Waals surface area contributed by atoms with Crippen molar-refractivity contribution in [2.75, 3.05) is 7.11 Å². The molecule has 4 rings (SSSR count). The van der Waals surface area contributed by atoms with Gasteiger partial charge in [0.2, 0.25) is 0 Å². The molecule has 0 saturated carbocycles. The van der Waals surface area contributed by atoms with Crippen LogP contribution in [0.15, 0.2) is 72.8 Å². The molecule has 1 N–H and O–H groups in total. The van der Waals surface area contributed by atoms with Crippen LogP contribution in [0, 0.1) is 12.7 Å². The second-order valence-electron chi connectivity index (χ2n) is 9.93. The maximum Gasteiger partial charge on any atom is 0.169 e. The highest BCUT2D eigenvalue weighted by molar-refractivity contribution is 5.74. The molecule has 6 heteroatoms. The Morgan fingerprint density at radius 2 is 1.59 bits per heavy atom. The molecule has 0 spiro atoms. The van der Waals surface area contributed by atoms with E-state index in [-0.39, 0.29) is 17.8 Å². The summed E-state index contributed by atoms with van der Waals surface area (Å²) in [5.74, 6) is 1.39. The van der Waals surface area contributed by atoms with Crippen molar-refractivity contribution >= 4 is 0 Å². The first-order chi connectivity index (χ1) is 18.7. The Bertz CT molecular complexity index is 1380. The molecule has 39 heavy (non-hydrogen) atoms. The van der Waals surface area contributed by atoms with E-state index in [9.17, 15) is 9.50 Å². The van der Waals surface area contributed by atoms with E-state index in [1.54, 1.807) is 12.1 Å². The topological polar surface area (TPSA) is 60.8 Å². The number of halogens is 1. The lowest BCUT2D eigenvalue weighted by atomic mass is 9.84. The summed E-state index contributed by atoms with van der Waals surface area (Å²) >= 11 is 0. The van der Waals surface area contributed by atoms with E-state index in [0.29, 0.717) is 35.2 Å². The lowest BCUT2D eigenvalue weighted by Crippen LogP contribution is -2.12. The first kappa shape index (κ1) is 29.7. The van der Waals surface area contributed by atoms with E-state index >= 15 is 0 Å². The second-order valence-corrected chi connectivity index (χ2v) is 9.93. The second kappa shape index (κ2) is 13.3. The Hall–Kier alpha value is -3.90. The van der Waals surface area contributed by atoms with Crippen molar-refractivity contribution in [2.45, 2.75) is 60.2 Å². The summed E-state index contributed by atoms with van der Waals surface area (Å²) in [7, 11) is 1.47. The van der Waals surface area contributed by atoms with Crippen molar-refractivity contribution in [1.82, 2.24) is 4.98 Å². The molecule has 0 aliphatic heterocycles. The Morgan fingerprint density at radius 1 is 0.872 bits per heavy atom. The van der Waals surface area contributed by atoms with Crippen LogP contribution in [0.5, 0.6) is 23.0 Å². The highest BCUT2D eigenvalue weighted by atomic mass is 19.1. The minimum absolute atomic E-state index is 0.140. The molecule has 4 aromatic rings. The minimum atomic E-state index is -0.415. The third-order valence-electron chi connectivity index (χ3n) is 6.03. The number of aliphatic hydroxyl groups excluding tert-OH is 1. The number of benzene rings is 3. The van der Waals surface area contributed by atoms with E-state index in [0.717, 1.165) is 22.3 Å². The molecule has 0 unspecified atom stereocenters. The molecular formula is C33H38FNO4. The summed E-state index contributed by atoms with van der Waals surface area (Å²) in [6, 6.07) is 21.7. The summed E-state index contributed by atoms with van der Waals surface area (Å²) in [5, 5.41) is 9.94. The fourth-order valence-electron chi connectivity index (χ4n) is 4.03. The van der Waals surface area contributed by atoms with Crippen molar-refractivity contribution in [3.05, 3.63) is 101 Å². The predicted molar refractivity (Wildman–Crippen MR) is 154 cm³/mol. The van der Waals surface area contributed by atoms with Gasteiger partial charge in [0.05, 0.1) is 25.1 Å². The van der Waals surface area contributed by atoms with Crippen LogP contribution in [0.2, 0.25) is 0 Å². The first-order valence-corrected chi connectivity index (χ1v) is 13.1. The summed E-state index contributed by atoms with van der Waals surface area (Å²) in [6.07, 6.45) is 0. The number of rotatable bonds is 8. The van der Waals surface area contributed by atoms with Gasteiger partial charge in [0.1, 0.15) is 23.9 Å². The van der Waals surface area contributed by atoms with Crippen molar-refractivity contribution in [2.24, 2.45) is 0 Å². The van der Waals surface area contributed by atoms with Crippen molar-refractivity contribution in [3.63, 3.8) is 0 Å². The van der Waals surface area contributed by atoms with Crippen molar-refractivity contribution in [1.29, 1.82) is 0 Å². The summed E-state index contributed by atoms with van der Waals surface area (Å²) < 4.78 is 31.6. The van der Waals surface area contributed by atoms with E-state index in [2.05, 4.69) is 31.8 Å². The van der Waals surface area contributed by atoms with Gasteiger partial charge in [-0.2, -0.15) is 0 Å². The van der Waals surface area contributed by atoms with Crippen molar-refractivity contribution < 1.29 is 23.7 Å². The van der Waals surface area contributed by atoms with Gasteiger partial charge in [-0.05, 0) is 47.2 Å². The number of ether oxygens (including phenoxy) is 3. The fourth-order valence-corrected chi connectivity index (χ4v) is 4.03. The third kappa shape index (κ3) is 7.58. The average Bonchev–Trinajstić information content (AvgIpc) is 2.93. The SMILES string of the molecule is CC.COc1cc(F)ccc1Oc1cc(C(C)(C)C)cc(C)c1-c1cc(OCc2ccccc2)cc(CO)n1. The first-order valence-electron chi connectivity index (χ1n) is 13.1. The molecule has 0 aliphatic carbocycles. The van der Waals surface area contributed by atoms with Crippen LogP contribution in [-0.4, -0.2) is 17.2 Å². The monoisotopic (exact) mass is 531 g/mol. The number of hydrogen-bond donors (Lipinski definition) is 1. The summed E-state index contributed by atoms with van der Waals surface area (Å²) in [5.41, 5.74) is 4.74. The van der Waals surface area contributed by atoms with Gasteiger partial charge in [-0.25, -0.2) is 9.37 Å². The number of aromatic nitrogens is 1. The van der Waals surface area contributed by atoms with E-state index in [4.69, 9.17) is 14.2 Å². The fraction of sp³-hybridized carbons (Fsp3) is 0.303. The quantitative estimate of drug-likeness (QED) is 0.247. The molecule has 0 fully saturated rings. The predicted octanol–water partition coefficient (Wildman–Crippen LogP) is 8.39. The van der Waals surface area contributed by atoms with Gasteiger partial charge >= 0.3 is 0 Å². The molecule has 1 heterocycles. The van der Waals surface area contributed by atoms with Crippen LogP contribution in [0.4, 0.5) is 4.39 Å². The smallest absolute Gasteiger partial charge is 0.169 e. The normalized spacial score (nSPS) is 10.9. The number of aryl methyl sites for hydroxylation is 1. The Morgan fingerprint density at radius 3 is 2.23 bits per heavy atom. The Balaban J connectivity index is 0.00000205. The molecule has 0 aliphatic rings. The van der Waals surface area contributed by atoms with Crippen LogP contribution >= 0.6 is 0 Å². The van der Waals surface area contributed by atoms with E-state index in [1.165, 1.54) is 19.2 Å². The molecule has 0 radical (unpaired) electrons. The number of pyridine rings is 1. The average molecular weight is 532 g/mol. The Labute approximate surface area is 231 Å². The van der Waals surface area contributed by atoms with Gasteiger partial charge < -0.3 is 19.3 Å². The maximum atomic E-state index is 13.8. The van der Waals surface area contributed by atoms with Gasteiger partial charge in [0.15, 0.2) is 11.5 Å². The van der Waals surface area contributed by atoms with Crippen LogP contribution in [0.25, 0.3) is 11.3 Å². The van der Waals surface area contributed by atoms with Crippen LogP contribution in [0.1, 0.15) is 57.0 Å². The van der Waals surface area contributed by atoms with Gasteiger partial charge in [0.25, 0.3) is 0 Å². The molecular weight excluding hydrogens is 493 g/mol. The van der Waals surface area contributed by atoms with E-state index in [1.807, 2.05) is 63.2 Å². The number of hydrogen-bond acceptors (Lipinski definition) is 5. The number of aliphatic hydroxyl groups is 1. The molecule has 0 bridgehead atoms. The van der Waals surface area contributed by atoms with Gasteiger partial charge in [-0.3, -0.25) is 0 Å². The zero-order chi connectivity index (χ0) is 28.6.